The predicted molar refractivity (Wildman–Crippen MR) is 46.6 cm³/mol. The van der Waals surface area contributed by atoms with Gasteiger partial charge in [-0.25, -0.2) is 0 Å². The van der Waals surface area contributed by atoms with Crippen LogP contribution in [-0.2, 0) is 0 Å². The highest BCUT2D eigenvalue weighted by atomic mass is 32.1. The molecule has 2 rings (SSSR count). The van der Waals surface area contributed by atoms with Crippen molar-refractivity contribution in [3.05, 3.63) is 16.6 Å². The van der Waals surface area contributed by atoms with Gasteiger partial charge in [-0.3, -0.25) is 4.98 Å². The molecule has 3 unspecified atom stereocenters. The second kappa shape index (κ2) is 2.57. The zero-order valence-corrected chi connectivity index (χ0v) is 7.34. The number of rotatable bonds is 2. The van der Waals surface area contributed by atoms with Crippen molar-refractivity contribution in [2.24, 2.45) is 11.7 Å². The Morgan fingerprint density at radius 3 is 3.09 bits per heavy atom. The van der Waals surface area contributed by atoms with Crippen LogP contribution in [0.1, 0.15) is 24.1 Å². The van der Waals surface area contributed by atoms with Gasteiger partial charge < -0.3 is 5.73 Å². The number of aromatic nitrogens is 1. The third kappa shape index (κ3) is 1.30. The summed E-state index contributed by atoms with van der Waals surface area (Å²) in [6.45, 7) is 2.09. The first-order valence-electron chi connectivity index (χ1n) is 3.93. The molecule has 2 N–H and O–H groups in total. The molecule has 11 heavy (non-hydrogen) atoms. The number of thiazole rings is 1. The molecule has 1 aromatic rings. The van der Waals surface area contributed by atoms with E-state index in [2.05, 4.69) is 11.9 Å². The van der Waals surface area contributed by atoms with E-state index in [0.29, 0.717) is 6.04 Å². The van der Waals surface area contributed by atoms with E-state index in [0.717, 1.165) is 11.8 Å². The molecule has 0 saturated heterocycles. The molecule has 3 atom stereocenters. The van der Waals surface area contributed by atoms with Crippen LogP contribution in [0.5, 0.6) is 0 Å². The second-order valence-corrected chi connectivity index (χ2v) is 4.19. The van der Waals surface area contributed by atoms with Crippen LogP contribution in [0.15, 0.2) is 11.7 Å². The molecule has 3 heteroatoms. The normalized spacial score (nSPS) is 31.8. The molecule has 2 nitrogen and oxygen atoms in total. The molecule has 1 aliphatic rings. The maximum Gasteiger partial charge on any atom is 0.0794 e. The number of hydrogen-bond acceptors (Lipinski definition) is 3. The smallest absolute Gasteiger partial charge is 0.0794 e. The monoisotopic (exact) mass is 168 g/mol. The van der Waals surface area contributed by atoms with Crippen LogP contribution in [0.25, 0.3) is 0 Å². The van der Waals surface area contributed by atoms with Gasteiger partial charge in [0.1, 0.15) is 0 Å². The first-order chi connectivity index (χ1) is 5.29. The SMILES string of the molecule is CC(N)C1CC1c1cncs1. The van der Waals surface area contributed by atoms with Crippen molar-refractivity contribution in [3.8, 4) is 0 Å². The average Bonchev–Trinajstić information content (AvgIpc) is 2.60. The van der Waals surface area contributed by atoms with Crippen LogP contribution in [-0.4, -0.2) is 11.0 Å². The largest absolute Gasteiger partial charge is 0.328 e. The molecular formula is C8H12N2S. The molecule has 1 heterocycles. The fraction of sp³-hybridized carbons (Fsp3) is 0.625. The quantitative estimate of drug-likeness (QED) is 0.728. The zero-order chi connectivity index (χ0) is 7.84. The van der Waals surface area contributed by atoms with E-state index in [9.17, 15) is 0 Å². The van der Waals surface area contributed by atoms with Gasteiger partial charge in [0.2, 0.25) is 0 Å². The number of nitrogens with zero attached hydrogens (tertiary/aromatic N) is 1. The van der Waals surface area contributed by atoms with Crippen LogP contribution >= 0.6 is 11.3 Å². The predicted octanol–water partition coefficient (Wildman–Crippen LogP) is 1.59. The molecule has 0 spiro atoms. The maximum absolute atomic E-state index is 5.78. The fourth-order valence-electron chi connectivity index (χ4n) is 1.53. The van der Waals surface area contributed by atoms with Crippen molar-refractivity contribution >= 4 is 11.3 Å². The van der Waals surface area contributed by atoms with Crippen molar-refractivity contribution in [3.63, 3.8) is 0 Å². The highest BCUT2D eigenvalue weighted by molar-refractivity contribution is 7.09. The van der Waals surface area contributed by atoms with E-state index in [1.807, 2.05) is 11.7 Å². The molecular weight excluding hydrogens is 156 g/mol. The van der Waals surface area contributed by atoms with E-state index in [4.69, 9.17) is 5.73 Å². The first kappa shape index (κ1) is 7.25. The van der Waals surface area contributed by atoms with Gasteiger partial charge in [0, 0.05) is 17.1 Å². The Morgan fingerprint density at radius 2 is 2.64 bits per heavy atom. The molecule has 1 aliphatic carbocycles. The molecule has 1 fully saturated rings. The first-order valence-corrected chi connectivity index (χ1v) is 4.81. The summed E-state index contributed by atoms with van der Waals surface area (Å²) < 4.78 is 0. The molecule has 0 amide bonds. The lowest BCUT2D eigenvalue weighted by Gasteiger charge is -2.00. The zero-order valence-electron chi connectivity index (χ0n) is 6.53. The third-order valence-electron chi connectivity index (χ3n) is 2.33. The fourth-order valence-corrected chi connectivity index (χ4v) is 2.34. The highest BCUT2D eigenvalue weighted by Crippen LogP contribution is 2.49. The molecule has 0 bridgehead atoms. The van der Waals surface area contributed by atoms with Gasteiger partial charge in [-0.15, -0.1) is 11.3 Å². The molecule has 1 aromatic heterocycles. The lowest BCUT2D eigenvalue weighted by molar-refractivity contribution is 0.633. The molecule has 0 aliphatic heterocycles. The van der Waals surface area contributed by atoms with E-state index < -0.39 is 0 Å². The van der Waals surface area contributed by atoms with Crippen LogP contribution < -0.4 is 5.73 Å². The average molecular weight is 168 g/mol. The van der Waals surface area contributed by atoms with Crippen molar-refractivity contribution in [2.45, 2.75) is 25.3 Å². The minimum atomic E-state index is 0.349. The van der Waals surface area contributed by atoms with Crippen molar-refractivity contribution in [1.29, 1.82) is 0 Å². The van der Waals surface area contributed by atoms with Gasteiger partial charge >= 0.3 is 0 Å². The Kier molecular flexibility index (Phi) is 1.69. The van der Waals surface area contributed by atoms with Gasteiger partial charge in [-0.1, -0.05) is 0 Å². The van der Waals surface area contributed by atoms with E-state index >= 15 is 0 Å². The van der Waals surface area contributed by atoms with Crippen molar-refractivity contribution in [2.75, 3.05) is 0 Å². The van der Waals surface area contributed by atoms with Crippen LogP contribution in [0.4, 0.5) is 0 Å². The van der Waals surface area contributed by atoms with Crippen LogP contribution in [0, 0.1) is 5.92 Å². The van der Waals surface area contributed by atoms with E-state index in [-0.39, 0.29) is 0 Å². The summed E-state index contributed by atoms with van der Waals surface area (Å²) in [4.78, 5) is 5.46. The molecule has 0 aromatic carbocycles. The van der Waals surface area contributed by atoms with E-state index in [1.165, 1.54) is 11.3 Å². The Balaban J connectivity index is 2.02. The summed E-state index contributed by atoms with van der Waals surface area (Å²) in [5.41, 5.74) is 7.67. The summed E-state index contributed by atoms with van der Waals surface area (Å²) in [7, 11) is 0. The second-order valence-electron chi connectivity index (χ2n) is 3.27. The van der Waals surface area contributed by atoms with Crippen molar-refractivity contribution < 1.29 is 0 Å². The van der Waals surface area contributed by atoms with Gasteiger partial charge in [-0.05, 0) is 25.2 Å². The lowest BCUT2D eigenvalue weighted by Crippen LogP contribution is -2.17. The lowest BCUT2D eigenvalue weighted by atomic mass is 10.2. The molecule has 1 saturated carbocycles. The number of hydrogen-bond donors (Lipinski definition) is 1. The summed E-state index contributed by atoms with van der Waals surface area (Å²) in [5.74, 6) is 1.44. The topological polar surface area (TPSA) is 38.9 Å². The minimum absolute atomic E-state index is 0.349. The highest BCUT2D eigenvalue weighted by Gasteiger charge is 2.41. The summed E-state index contributed by atoms with van der Waals surface area (Å²) in [6.07, 6.45) is 3.23. The van der Waals surface area contributed by atoms with Gasteiger partial charge in [0.05, 0.1) is 5.51 Å². The Morgan fingerprint density at radius 1 is 1.82 bits per heavy atom. The van der Waals surface area contributed by atoms with Crippen LogP contribution in [0.2, 0.25) is 0 Å². The third-order valence-corrected chi connectivity index (χ3v) is 3.24. The van der Waals surface area contributed by atoms with Crippen molar-refractivity contribution in [1.82, 2.24) is 4.98 Å². The van der Waals surface area contributed by atoms with Gasteiger partial charge in [-0.2, -0.15) is 0 Å². The summed E-state index contributed by atoms with van der Waals surface area (Å²) in [6, 6.07) is 0.349. The molecule has 60 valence electrons. The Hall–Kier alpha value is -0.410. The Bertz CT molecular complexity index is 230. The Labute approximate surface area is 70.5 Å². The van der Waals surface area contributed by atoms with Gasteiger partial charge in [0.15, 0.2) is 0 Å². The maximum atomic E-state index is 5.78. The standard InChI is InChI=1S/C8H12N2S/c1-5(9)6-2-7(6)8-3-10-4-11-8/h3-7H,2,9H2,1H3. The summed E-state index contributed by atoms with van der Waals surface area (Å²) >= 11 is 1.75. The summed E-state index contributed by atoms with van der Waals surface area (Å²) in [5, 5.41) is 0. The molecule has 0 radical (unpaired) electrons. The minimum Gasteiger partial charge on any atom is -0.328 e. The van der Waals surface area contributed by atoms with Crippen LogP contribution in [0.3, 0.4) is 0 Å². The van der Waals surface area contributed by atoms with Gasteiger partial charge in [0.25, 0.3) is 0 Å². The van der Waals surface area contributed by atoms with E-state index in [1.54, 1.807) is 11.3 Å². The number of nitrogens with two attached hydrogens (primary N) is 1.